The molecular weight excluding hydrogens is 368 g/mol. The van der Waals surface area contributed by atoms with Gasteiger partial charge in [0, 0.05) is 19.1 Å². The molecule has 1 fully saturated rings. The second kappa shape index (κ2) is 9.60. The van der Waals surface area contributed by atoms with Gasteiger partial charge in [0.15, 0.2) is 11.5 Å². The van der Waals surface area contributed by atoms with E-state index in [4.69, 9.17) is 9.47 Å². The molecule has 1 aliphatic heterocycles. The minimum Gasteiger partial charge on any atom is -0.492 e. The average Bonchev–Trinajstić information content (AvgIpc) is 2.47. The highest BCUT2D eigenvalue weighted by molar-refractivity contribution is 9.10. The van der Waals surface area contributed by atoms with Crippen LogP contribution in [-0.4, -0.2) is 44.8 Å². The predicted molar refractivity (Wildman–Crippen MR) is 96.5 cm³/mol. The van der Waals surface area contributed by atoms with Gasteiger partial charge in [0.25, 0.3) is 0 Å². The third kappa shape index (κ3) is 5.01. The number of likely N-dealkylation sites (N-methyl/N-ethyl adjacent to an activating group) is 1. The van der Waals surface area contributed by atoms with Gasteiger partial charge < -0.3 is 14.8 Å². The van der Waals surface area contributed by atoms with E-state index < -0.39 is 0 Å². The fraction of sp³-hybridized carbons (Fsp3) is 0.625. The number of nitrogens with zero attached hydrogens (tertiary/aromatic N) is 1. The Kier molecular flexibility index (Phi) is 8.54. The van der Waals surface area contributed by atoms with E-state index in [9.17, 15) is 0 Å². The lowest BCUT2D eigenvalue weighted by Crippen LogP contribution is -2.43. The second-order valence-corrected chi connectivity index (χ2v) is 6.26. The molecule has 0 amide bonds. The maximum Gasteiger partial charge on any atom is 0.174 e. The first-order chi connectivity index (χ1) is 10.2. The van der Waals surface area contributed by atoms with Crippen LogP contribution in [0.25, 0.3) is 0 Å². The second-order valence-electron chi connectivity index (χ2n) is 5.40. The number of hydrogen-bond acceptors (Lipinski definition) is 4. The van der Waals surface area contributed by atoms with Crippen LogP contribution in [0.4, 0.5) is 0 Å². The van der Waals surface area contributed by atoms with Crippen LogP contribution in [0.15, 0.2) is 16.6 Å². The van der Waals surface area contributed by atoms with E-state index in [0.717, 1.165) is 35.6 Å². The number of piperidine rings is 1. The summed E-state index contributed by atoms with van der Waals surface area (Å²) in [4.78, 5) is 2.49. The Labute approximate surface area is 148 Å². The minimum atomic E-state index is 0. The van der Waals surface area contributed by atoms with Crippen LogP contribution in [-0.2, 0) is 6.54 Å². The SMILES string of the molecule is CCOc1cc(CN2CCCC(NC)C2)cc(Br)c1OC.Cl. The van der Waals surface area contributed by atoms with Crippen LogP contribution >= 0.6 is 28.3 Å². The topological polar surface area (TPSA) is 33.7 Å². The van der Waals surface area contributed by atoms with Crippen molar-refractivity contribution in [3.05, 3.63) is 22.2 Å². The molecule has 1 N–H and O–H groups in total. The number of halogens is 2. The van der Waals surface area contributed by atoms with E-state index in [1.165, 1.54) is 18.4 Å². The van der Waals surface area contributed by atoms with E-state index in [1.807, 2.05) is 14.0 Å². The van der Waals surface area contributed by atoms with Gasteiger partial charge in [-0.1, -0.05) is 0 Å². The molecule has 2 rings (SSSR count). The largest absolute Gasteiger partial charge is 0.492 e. The summed E-state index contributed by atoms with van der Waals surface area (Å²) in [5, 5.41) is 3.39. The molecule has 1 aromatic carbocycles. The Morgan fingerprint density at radius 2 is 2.18 bits per heavy atom. The summed E-state index contributed by atoms with van der Waals surface area (Å²) in [6.07, 6.45) is 2.52. The highest BCUT2D eigenvalue weighted by atomic mass is 79.9. The van der Waals surface area contributed by atoms with Crippen molar-refractivity contribution in [3.63, 3.8) is 0 Å². The first-order valence-corrected chi connectivity index (χ1v) is 8.36. The Morgan fingerprint density at radius 1 is 1.41 bits per heavy atom. The maximum atomic E-state index is 5.69. The molecule has 0 saturated carbocycles. The highest BCUT2D eigenvalue weighted by Gasteiger charge is 2.19. The van der Waals surface area contributed by atoms with Gasteiger partial charge in [-0.2, -0.15) is 0 Å². The van der Waals surface area contributed by atoms with Gasteiger partial charge in [-0.15, -0.1) is 12.4 Å². The fourth-order valence-corrected chi connectivity index (χ4v) is 3.52. The van der Waals surface area contributed by atoms with Crippen LogP contribution in [0.3, 0.4) is 0 Å². The Bertz CT molecular complexity index is 474. The van der Waals surface area contributed by atoms with Crippen molar-refractivity contribution < 1.29 is 9.47 Å². The summed E-state index contributed by atoms with van der Waals surface area (Å²) in [6.45, 7) is 5.83. The van der Waals surface area contributed by atoms with E-state index in [1.54, 1.807) is 7.11 Å². The Morgan fingerprint density at radius 3 is 2.82 bits per heavy atom. The Hall–Kier alpha value is -0.490. The normalized spacial score (nSPS) is 18.6. The summed E-state index contributed by atoms with van der Waals surface area (Å²) < 4.78 is 12.1. The van der Waals surface area contributed by atoms with Crippen molar-refractivity contribution in [1.29, 1.82) is 0 Å². The molecule has 22 heavy (non-hydrogen) atoms. The smallest absolute Gasteiger partial charge is 0.174 e. The van der Waals surface area contributed by atoms with Gasteiger partial charge in [-0.3, -0.25) is 4.90 Å². The molecule has 0 radical (unpaired) electrons. The van der Waals surface area contributed by atoms with Crippen LogP contribution in [0.1, 0.15) is 25.3 Å². The minimum absolute atomic E-state index is 0. The number of nitrogens with one attached hydrogen (secondary N) is 1. The van der Waals surface area contributed by atoms with Gasteiger partial charge >= 0.3 is 0 Å². The van der Waals surface area contributed by atoms with Crippen molar-refractivity contribution >= 4 is 28.3 Å². The molecule has 1 aliphatic rings. The number of benzene rings is 1. The summed E-state index contributed by atoms with van der Waals surface area (Å²) in [7, 11) is 3.72. The van der Waals surface area contributed by atoms with E-state index in [2.05, 4.69) is 38.3 Å². The fourth-order valence-electron chi connectivity index (χ4n) is 2.87. The van der Waals surface area contributed by atoms with Crippen molar-refractivity contribution in [2.24, 2.45) is 0 Å². The quantitative estimate of drug-likeness (QED) is 0.802. The van der Waals surface area contributed by atoms with E-state index >= 15 is 0 Å². The van der Waals surface area contributed by atoms with Gasteiger partial charge in [-0.25, -0.2) is 0 Å². The molecule has 0 bridgehead atoms. The summed E-state index contributed by atoms with van der Waals surface area (Å²) in [6, 6.07) is 4.83. The number of likely N-dealkylation sites (tertiary alicyclic amines) is 1. The van der Waals surface area contributed by atoms with Crippen LogP contribution < -0.4 is 14.8 Å². The van der Waals surface area contributed by atoms with Crippen molar-refractivity contribution in [1.82, 2.24) is 10.2 Å². The van der Waals surface area contributed by atoms with Crippen molar-refractivity contribution in [3.8, 4) is 11.5 Å². The number of ether oxygens (including phenoxy) is 2. The highest BCUT2D eigenvalue weighted by Crippen LogP contribution is 2.37. The molecule has 1 aromatic rings. The number of methoxy groups -OCH3 is 1. The van der Waals surface area contributed by atoms with Gasteiger partial charge in [0.2, 0.25) is 0 Å². The first kappa shape index (κ1) is 19.6. The molecule has 4 nitrogen and oxygen atoms in total. The summed E-state index contributed by atoms with van der Waals surface area (Å²) >= 11 is 3.58. The Balaban J connectivity index is 0.00000242. The standard InChI is InChI=1S/C16H25BrN2O2.ClH/c1-4-21-15-9-12(8-14(17)16(15)20-3)10-19-7-5-6-13(11-19)18-2;/h8-9,13,18H,4-7,10-11H2,1-3H3;1H. The summed E-state index contributed by atoms with van der Waals surface area (Å²) in [5.74, 6) is 1.58. The average molecular weight is 394 g/mol. The van der Waals surface area contributed by atoms with Gasteiger partial charge in [0.1, 0.15) is 0 Å². The van der Waals surface area contributed by atoms with E-state index in [-0.39, 0.29) is 12.4 Å². The molecule has 1 unspecified atom stereocenters. The molecule has 1 heterocycles. The van der Waals surface area contributed by atoms with Crippen LogP contribution in [0.5, 0.6) is 11.5 Å². The van der Waals surface area contributed by atoms with Crippen LogP contribution in [0, 0.1) is 0 Å². The molecule has 0 spiro atoms. The van der Waals surface area contributed by atoms with Crippen LogP contribution in [0.2, 0.25) is 0 Å². The zero-order chi connectivity index (χ0) is 15.2. The molecule has 0 aromatic heterocycles. The monoisotopic (exact) mass is 392 g/mol. The summed E-state index contributed by atoms with van der Waals surface area (Å²) in [5.41, 5.74) is 1.25. The van der Waals surface area contributed by atoms with Crippen molar-refractivity contribution in [2.75, 3.05) is 33.9 Å². The third-order valence-corrected chi connectivity index (χ3v) is 4.48. The molecule has 126 valence electrons. The molecule has 1 saturated heterocycles. The van der Waals surface area contributed by atoms with Crippen molar-refractivity contribution in [2.45, 2.75) is 32.4 Å². The number of rotatable bonds is 6. The third-order valence-electron chi connectivity index (χ3n) is 3.89. The molecular formula is C16H26BrClN2O2. The van der Waals surface area contributed by atoms with Gasteiger partial charge in [-0.05, 0) is 67.0 Å². The predicted octanol–water partition coefficient (Wildman–Crippen LogP) is 3.46. The first-order valence-electron chi connectivity index (χ1n) is 7.56. The molecule has 0 aliphatic carbocycles. The van der Waals surface area contributed by atoms with Gasteiger partial charge in [0.05, 0.1) is 18.2 Å². The molecule has 1 atom stereocenters. The lowest BCUT2D eigenvalue weighted by atomic mass is 10.0. The van der Waals surface area contributed by atoms with E-state index in [0.29, 0.717) is 12.6 Å². The molecule has 6 heteroatoms. The maximum absolute atomic E-state index is 5.69. The lowest BCUT2D eigenvalue weighted by Gasteiger charge is -2.32. The number of hydrogen-bond donors (Lipinski definition) is 1. The lowest BCUT2D eigenvalue weighted by molar-refractivity contribution is 0.187. The zero-order valence-electron chi connectivity index (χ0n) is 13.5. The zero-order valence-corrected chi connectivity index (χ0v) is 15.9.